The van der Waals surface area contributed by atoms with Crippen LogP contribution in [-0.2, 0) is 6.61 Å². The average molecular weight is 275 g/mol. The molecule has 2 rings (SSSR count). The first kappa shape index (κ1) is 13.9. The lowest BCUT2D eigenvalue weighted by Gasteiger charge is -2.12. The van der Waals surface area contributed by atoms with Gasteiger partial charge < -0.3 is 19.5 Å². The maximum absolute atomic E-state index is 5.67. The Hall–Kier alpha value is -2.50. The highest BCUT2D eigenvalue weighted by atomic mass is 16.5. The zero-order valence-corrected chi connectivity index (χ0v) is 11.7. The van der Waals surface area contributed by atoms with Gasteiger partial charge in [0.15, 0.2) is 5.82 Å². The van der Waals surface area contributed by atoms with Crippen LogP contribution in [0.1, 0.15) is 5.56 Å². The van der Waals surface area contributed by atoms with Crippen LogP contribution in [0.2, 0.25) is 0 Å². The number of aromatic nitrogens is 2. The number of nitrogens with zero attached hydrogens (tertiary/aromatic N) is 2. The minimum absolute atomic E-state index is 0.389. The standard InChI is InChI=1S/C14H17N3O3/c1-15-13-12(19-3)14(17-9-16-13)20-8-10-4-6-11(18-2)7-5-10/h4-7,9H,8H2,1-3H3,(H,15,16,17). The molecule has 6 heteroatoms. The third-order valence-corrected chi connectivity index (χ3v) is 2.75. The summed E-state index contributed by atoms with van der Waals surface area (Å²) < 4.78 is 16.0. The fourth-order valence-electron chi connectivity index (χ4n) is 1.70. The summed E-state index contributed by atoms with van der Waals surface area (Å²) in [7, 11) is 4.95. The number of rotatable bonds is 6. The van der Waals surface area contributed by atoms with Gasteiger partial charge in [-0.25, -0.2) is 4.98 Å². The van der Waals surface area contributed by atoms with Gasteiger partial charge in [-0.15, -0.1) is 0 Å². The highest BCUT2D eigenvalue weighted by Gasteiger charge is 2.12. The van der Waals surface area contributed by atoms with Crippen molar-refractivity contribution >= 4 is 5.82 Å². The van der Waals surface area contributed by atoms with E-state index >= 15 is 0 Å². The summed E-state index contributed by atoms with van der Waals surface area (Å²) in [4.78, 5) is 8.15. The van der Waals surface area contributed by atoms with Crippen LogP contribution in [0.15, 0.2) is 30.6 Å². The molecule has 0 amide bonds. The molecule has 20 heavy (non-hydrogen) atoms. The normalized spacial score (nSPS) is 9.95. The number of ether oxygens (including phenoxy) is 3. The summed E-state index contributed by atoms with van der Waals surface area (Å²) in [6, 6.07) is 7.64. The van der Waals surface area contributed by atoms with Gasteiger partial charge in [0.1, 0.15) is 18.7 Å². The van der Waals surface area contributed by atoms with E-state index in [0.717, 1.165) is 11.3 Å². The molecule has 0 fully saturated rings. The van der Waals surface area contributed by atoms with E-state index in [9.17, 15) is 0 Å². The zero-order chi connectivity index (χ0) is 14.4. The smallest absolute Gasteiger partial charge is 0.262 e. The van der Waals surface area contributed by atoms with Crippen LogP contribution in [0.25, 0.3) is 0 Å². The van der Waals surface area contributed by atoms with Crippen LogP contribution in [0.5, 0.6) is 17.4 Å². The van der Waals surface area contributed by atoms with E-state index in [4.69, 9.17) is 14.2 Å². The molecule has 0 bridgehead atoms. The van der Waals surface area contributed by atoms with Gasteiger partial charge >= 0.3 is 0 Å². The van der Waals surface area contributed by atoms with E-state index in [0.29, 0.717) is 24.1 Å². The molecule has 0 atom stereocenters. The molecule has 2 aromatic rings. The first-order chi connectivity index (χ1) is 9.78. The highest BCUT2D eigenvalue weighted by molar-refractivity contribution is 5.54. The predicted molar refractivity (Wildman–Crippen MR) is 75.5 cm³/mol. The second kappa shape index (κ2) is 6.60. The van der Waals surface area contributed by atoms with E-state index in [1.807, 2.05) is 24.3 Å². The van der Waals surface area contributed by atoms with Gasteiger partial charge in [-0.1, -0.05) is 12.1 Å². The molecular weight excluding hydrogens is 258 g/mol. The van der Waals surface area contributed by atoms with Crippen LogP contribution in [0.4, 0.5) is 5.82 Å². The number of benzene rings is 1. The van der Waals surface area contributed by atoms with Crippen molar-refractivity contribution in [3.63, 3.8) is 0 Å². The van der Waals surface area contributed by atoms with Crippen LogP contribution in [0, 0.1) is 0 Å². The Morgan fingerprint density at radius 3 is 2.40 bits per heavy atom. The van der Waals surface area contributed by atoms with Crippen LogP contribution in [0.3, 0.4) is 0 Å². The summed E-state index contributed by atoms with van der Waals surface area (Å²) in [5, 5.41) is 2.93. The molecule has 0 aliphatic rings. The summed E-state index contributed by atoms with van der Waals surface area (Å²) in [6.45, 7) is 0.389. The van der Waals surface area contributed by atoms with Crippen molar-refractivity contribution in [2.75, 3.05) is 26.6 Å². The summed E-state index contributed by atoms with van der Waals surface area (Å²) in [6.07, 6.45) is 1.43. The topological polar surface area (TPSA) is 65.5 Å². The maximum Gasteiger partial charge on any atom is 0.262 e. The molecule has 0 aliphatic heterocycles. The number of hydrogen-bond acceptors (Lipinski definition) is 6. The van der Waals surface area contributed by atoms with Gasteiger partial charge in [-0.3, -0.25) is 0 Å². The first-order valence-electron chi connectivity index (χ1n) is 6.11. The van der Waals surface area contributed by atoms with Gasteiger partial charge in [0.2, 0.25) is 5.75 Å². The van der Waals surface area contributed by atoms with Crippen molar-refractivity contribution in [2.45, 2.75) is 6.61 Å². The third-order valence-electron chi connectivity index (χ3n) is 2.75. The fraction of sp³-hybridized carbons (Fsp3) is 0.286. The Morgan fingerprint density at radius 2 is 1.80 bits per heavy atom. The molecule has 0 unspecified atom stereocenters. The van der Waals surface area contributed by atoms with Crippen LogP contribution < -0.4 is 19.5 Å². The number of nitrogens with one attached hydrogen (secondary N) is 1. The third kappa shape index (κ3) is 3.09. The summed E-state index contributed by atoms with van der Waals surface area (Å²) in [5.41, 5.74) is 1.01. The quantitative estimate of drug-likeness (QED) is 0.871. The monoisotopic (exact) mass is 275 g/mol. The largest absolute Gasteiger partial charge is 0.497 e. The SMILES string of the molecule is CNc1ncnc(OCc2ccc(OC)cc2)c1OC. The Morgan fingerprint density at radius 1 is 1.05 bits per heavy atom. The molecule has 6 nitrogen and oxygen atoms in total. The van der Waals surface area contributed by atoms with E-state index in [2.05, 4.69) is 15.3 Å². The van der Waals surface area contributed by atoms with Gasteiger partial charge in [-0.2, -0.15) is 4.98 Å². The second-order valence-electron chi connectivity index (χ2n) is 3.95. The van der Waals surface area contributed by atoms with Crippen molar-refractivity contribution in [1.29, 1.82) is 0 Å². The average Bonchev–Trinajstić information content (AvgIpc) is 2.52. The molecule has 1 heterocycles. The van der Waals surface area contributed by atoms with Gasteiger partial charge in [0, 0.05) is 7.05 Å². The lowest BCUT2D eigenvalue weighted by Crippen LogP contribution is -2.03. The molecular formula is C14H17N3O3. The summed E-state index contributed by atoms with van der Waals surface area (Å²) in [5.74, 6) is 2.30. The van der Waals surface area contributed by atoms with Crippen molar-refractivity contribution in [3.05, 3.63) is 36.2 Å². The Bertz CT molecular complexity index is 558. The molecule has 106 valence electrons. The second-order valence-corrected chi connectivity index (χ2v) is 3.95. The maximum atomic E-state index is 5.67. The minimum atomic E-state index is 0.389. The lowest BCUT2D eigenvalue weighted by molar-refractivity contribution is 0.272. The van der Waals surface area contributed by atoms with Crippen LogP contribution >= 0.6 is 0 Å². The zero-order valence-electron chi connectivity index (χ0n) is 11.7. The number of anilines is 1. The molecule has 1 aromatic heterocycles. The van der Waals surface area contributed by atoms with Crippen molar-refractivity contribution in [2.24, 2.45) is 0 Å². The lowest BCUT2D eigenvalue weighted by atomic mass is 10.2. The van der Waals surface area contributed by atoms with E-state index in [1.54, 1.807) is 21.3 Å². The first-order valence-corrected chi connectivity index (χ1v) is 6.11. The molecule has 0 spiro atoms. The van der Waals surface area contributed by atoms with E-state index in [1.165, 1.54) is 6.33 Å². The molecule has 0 saturated heterocycles. The van der Waals surface area contributed by atoms with E-state index in [-0.39, 0.29) is 0 Å². The molecule has 0 radical (unpaired) electrons. The Labute approximate surface area is 117 Å². The number of methoxy groups -OCH3 is 2. The highest BCUT2D eigenvalue weighted by Crippen LogP contribution is 2.31. The van der Waals surface area contributed by atoms with Crippen molar-refractivity contribution < 1.29 is 14.2 Å². The van der Waals surface area contributed by atoms with Crippen molar-refractivity contribution in [1.82, 2.24) is 9.97 Å². The molecule has 1 aromatic carbocycles. The fourth-order valence-corrected chi connectivity index (χ4v) is 1.70. The van der Waals surface area contributed by atoms with Gasteiger partial charge in [0.25, 0.3) is 5.88 Å². The molecule has 0 aliphatic carbocycles. The van der Waals surface area contributed by atoms with E-state index < -0.39 is 0 Å². The minimum Gasteiger partial charge on any atom is -0.497 e. The predicted octanol–water partition coefficient (Wildman–Crippen LogP) is 2.11. The molecule has 0 saturated carbocycles. The van der Waals surface area contributed by atoms with Crippen molar-refractivity contribution in [3.8, 4) is 17.4 Å². The Kier molecular flexibility index (Phi) is 4.60. The van der Waals surface area contributed by atoms with Gasteiger partial charge in [-0.05, 0) is 17.7 Å². The summed E-state index contributed by atoms with van der Waals surface area (Å²) >= 11 is 0. The van der Waals surface area contributed by atoms with Gasteiger partial charge in [0.05, 0.1) is 14.2 Å². The number of hydrogen-bond donors (Lipinski definition) is 1. The Balaban J connectivity index is 2.10. The molecule has 1 N–H and O–H groups in total. The van der Waals surface area contributed by atoms with Crippen LogP contribution in [-0.4, -0.2) is 31.2 Å².